The van der Waals surface area contributed by atoms with Crippen molar-refractivity contribution < 1.29 is 28.9 Å². The van der Waals surface area contributed by atoms with E-state index in [1.54, 1.807) is 12.1 Å². The monoisotopic (exact) mass is 430 g/mol. The first-order valence-electron chi connectivity index (χ1n) is 10.2. The fraction of sp³-hybridized carbons (Fsp3) is 0.476. The SMILES string of the molecule is CC(C)C[C@@H]1NC(=O)[C@@H]([B]OCN)Cc2ccc(cc2)OC/C=C/[C@@H](C(=O)O)NC1=O. The van der Waals surface area contributed by atoms with E-state index in [9.17, 15) is 19.5 Å². The molecule has 1 radical (unpaired) electrons. The number of fused-ring (bicyclic) bond motifs is 12. The first-order valence-corrected chi connectivity index (χ1v) is 10.2. The molecule has 1 aromatic carbocycles. The summed E-state index contributed by atoms with van der Waals surface area (Å²) in [4.78, 5) is 37.4. The third-order valence-electron chi connectivity index (χ3n) is 4.65. The highest BCUT2D eigenvalue weighted by atomic mass is 16.5. The molecule has 2 heterocycles. The number of carboxylic acid groups (broad SMARTS) is 1. The van der Waals surface area contributed by atoms with Crippen molar-refractivity contribution in [3.63, 3.8) is 0 Å². The molecule has 0 fully saturated rings. The Morgan fingerprint density at radius 1 is 1.26 bits per heavy atom. The predicted molar refractivity (Wildman–Crippen MR) is 115 cm³/mol. The number of amides is 2. The minimum Gasteiger partial charge on any atom is -0.490 e. The first kappa shape index (κ1) is 24.4. The van der Waals surface area contributed by atoms with Crippen molar-refractivity contribution >= 4 is 25.3 Å². The van der Waals surface area contributed by atoms with E-state index in [-0.39, 0.29) is 19.3 Å². The average molecular weight is 430 g/mol. The van der Waals surface area contributed by atoms with Crippen molar-refractivity contribution in [2.75, 3.05) is 13.3 Å². The molecule has 0 unspecified atom stereocenters. The van der Waals surface area contributed by atoms with Gasteiger partial charge in [0.05, 0.1) is 6.73 Å². The molecule has 0 spiro atoms. The summed E-state index contributed by atoms with van der Waals surface area (Å²) in [6.45, 7) is 3.88. The Balaban J connectivity index is 2.34. The Morgan fingerprint density at radius 3 is 2.58 bits per heavy atom. The van der Waals surface area contributed by atoms with Crippen LogP contribution in [0.4, 0.5) is 0 Å². The van der Waals surface area contributed by atoms with Gasteiger partial charge in [0.15, 0.2) is 0 Å². The third-order valence-corrected chi connectivity index (χ3v) is 4.65. The van der Waals surface area contributed by atoms with E-state index in [0.717, 1.165) is 5.56 Å². The Hall–Kier alpha value is -2.85. The second-order valence-electron chi connectivity index (χ2n) is 7.68. The first-order chi connectivity index (χ1) is 14.8. The molecule has 167 valence electrons. The summed E-state index contributed by atoms with van der Waals surface area (Å²) in [5, 5.41) is 14.7. The average Bonchev–Trinajstić information content (AvgIpc) is 2.72. The van der Waals surface area contributed by atoms with Crippen molar-refractivity contribution in [2.24, 2.45) is 11.7 Å². The van der Waals surface area contributed by atoms with Crippen LogP contribution >= 0.6 is 0 Å². The number of nitrogens with two attached hydrogens (primary N) is 1. The van der Waals surface area contributed by atoms with Gasteiger partial charge in [0.2, 0.25) is 11.8 Å². The third kappa shape index (κ3) is 8.07. The quantitative estimate of drug-likeness (QED) is 0.295. The predicted octanol–water partition coefficient (Wildman–Crippen LogP) is 0.619. The van der Waals surface area contributed by atoms with Gasteiger partial charge >= 0.3 is 13.5 Å². The van der Waals surface area contributed by atoms with E-state index in [1.165, 1.54) is 19.6 Å². The molecule has 2 amide bonds. The number of carbonyl (C=O) groups excluding carboxylic acids is 2. The standard InChI is InChI=1S/C21H29BN3O6/c1-13(2)10-18-20(27)24-17(21(28)29)4-3-9-30-15-7-5-14(6-8-15)11-16(19(26)25-18)22-31-12-23/h3-8,13,16-18H,9-12,23H2,1-2H3,(H,24,27)(H,25,26)(H,28,29)/b4-3+/t16-,17-,18-/m0/s1. The van der Waals surface area contributed by atoms with E-state index in [1.807, 2.05) is 26.0 Å². The van der Waals surface area contributed by atoms with Crippen LogP contribution in [0, 0.1) is 5.92 Å². The lowest BCUT2D eigenvalue weighted by Gasteiger charge is -2.24. The summed E-state index contributed by atoms with van der Waals surface area (Å²) in [5.41, 5.74) is 6.28. The number of nitrogens with one attached hydrogen (secondary N) is 2. The Labute approximate surface area is 182 Å². The number of rotatable bonds is 6. The highest BCUT2D eigenvalue weighted by Crippen LogP contribution is 2.19. The summed E-state index contributed by atoms with van der Waals surface area (Å²) in [7, 11) is 1.36. The zero-order chi connectivity index (χ0) is 22.8. The van der Waals surface area contributed by atoms with Gasteiger partial charge in [-0.2, -0.15) is 0 Å². The summed E-state index contributed by atoms with van der Waals surface area (Å²) in [6.07, 6.45) is 3.56. The molecule has 9 nitrogen and oxygen atoms in total. The van der Waals surface area contributed by atoms with Crippen LogP contribution < -0.4 is 21.1 Å². The van der Waals surface area contributed by atoms with Crippen molar-refractivity contribution in [2.45, 2.75) is 44.6 Å². The number of ether oxygens (including phenoxy) is 1. The Kier molecular flexibility index (Phi) is 9.55. The molecule has 3 rings (SSSR count). The van der Waals surface area contributed by atoms with Gasteiger partial charge in [0.25, 0.3) is 0 Å². The molecule has 0 saturated heterocycles. The molecular formula is C21H29BN3O6. The smallest absolute Gasteiger partial charge is 0.330 e. The zero-order valence-electron chi connectivity index (χ0n) is 17.7. The topological polar surface area (TPSA) is 140 Å². The lowest BCUT2D eigenvalue weighted by molar-refractivity contribution is -0.140. The molecule has 0 saturated carbocycles. The second-order valence-corrected chi connectivity index (χ2v) is 7.68. The molecular weight excluding hydrogens is 401 g/mol. The number of aliphatic carboxylic acids is 1. The molecule has 0 aliphatic carbocycles. The van der Waals surface area contributed by atoms with Crippen molar-refractivity contribution in [1.29, 1.82) is 0 Å². The van der Waals surface area contributed by atoms with E-state index >= 15 is 0 Å². The number of hydrogen-bond donors (Lipinski definition) is 4. The van der Waals surface area contributed by atoms with Gasteiger partial charge in [-0.15, -0.1) is 0 Å². The van der Waals surface area contributed by atoms with Crippen LogP contribution in [0.25, 0.3) is 0 Å². The molecule has 10 heteroatoms. The molecule has 1 aromatic rings. The van der Waals surface area contributed by atoms with Crippen LogP contribution in [0.15, 0.2) is 36.4 Å². The molecule has 3 atom stereocenters. The maximum atomic E-state index is 13.0. The van der Waals surface area contributed by atoms with Crippen molar-refractivity contribution in [1.82, 2.24) is 10.6 Å². The fourth-order valence-electron chi connectivity index (χ4n) is 3.11. The lowest BCUT2D eigenvalue weighted by Crippen LogP contribution is -2.52. The van der Waals surface area contributed by atoms with Gasteiger partial charge in [-0.1, -0.05) is 32.1 Å². The minimum absolute atomic E-state index is 0.0842. The number of benzene rings is 1. The molecule has 2 bridgehead atoms. The fourth-order valence-corrected chi connectivity index (χ4v) is 3.11. The van der Waals surface area contributed by atoms with Gasteiger partial charge in [-0.3, -0.25) is 9.59 Å². The molecule has 0 aromatic heterocycles. The van der Waals surface area contributed by atoms with Gasteiger partial charge in [-0.05, 0) is 42.5 Å². The number of carboxylic acids is 1. The van der Waals surface area contributed by atoms with Gasteiger partial charge in [0, 0.05) is 5.82 Å². The molecule has 5 N–H and O–H groups in total. The highest BCUT2D eigenvalue weighted by molar-refractivity contribution is 6.37. The molecule has 2 aliphatic heterocycles. The second kappa shape index (κ2) is 12.1. The molecule has 31 heavy (non-hydrogen) atoms. The van der Waals surface area contributed by atoms with Crippen LogP contribution in [0.3, 0.4) is 0 Å². The summed E-state index contributed by atoms with van der Waals surface area (Å²) < 4.78 is 10.7. The van der Waals surface area contributed by atoms with Crippen molar-refractivity contribution in [3.8, 4) is 5.75 Å². The van der Waals surface area contributed by atoms with Gasteiger partial charge in [0.1, 0.15) is 24.4 Å². The van der Waals surface area contributed by atoms with Crippen LogP contribution in [0.2, 0.25) is 5.82 Å². The van der Waals surface area contributed by atoms with E-state index in [4.69, 9.17) is 15.1 Å². The zero-order valence-corrected chi connectivity index (χ0v) is 17.7. The minimum atomic E-state index is -1.25. The largest absolute Gasteiger partial charge is 0.490 e. The van der Waals surface area contributed by atoms with Crippen LogP contribution in [0.5, 0.6) is 5.75 Å². The highest BCUT2D eigenvalue weighted by Gasteiger charge is 2.29. The Morgan fingerprint density at radius 2 is 1.97 bits per heavy atom. The van der Waals surface area contributed by atoms with E-state index in [0.29, 0.717) is 18.6 Å². The summed E-state index contributed by atoms with van der Waals surface area (Å²) in [6, 6.07) is 5.06. The van der Waals surface area contributed by atoms with Crippen molar-refractivity contribution in [3.05, 3.63) is 42.0 Å². The summed E-state index contributed by atoms with van der Waals surface area (Å²) >= 11 is 0. The van der Waals surface area contributed by atoms with Gasteiger partial charge in [-0.25, -0.2) is 4.79 Å². The number of carbonyl (C=O) groups is 3. The van der Waals surface area contributed by atoms with Crippen LogP contribution in [0.1, 0.15) is 25.8 Å². The number of hydrogen-bond acceptors (Lipinski definition) is 6. The van der Waals surface area contributed by atoms with Crippen LogP contribution in [-0.4, -0.2) is 55.8 Å². The maximum Gasteiger partial charge on any atom is 0.330 e. The van der Waals surface area contributed by atoms with E-state index < -0.39 is 35.7 Å². The summed E-state index contributed by atoms with van der Waals surface area (Å²) in [5.74, 6) is -2.22. The van der Waals surface area contributed by atoms with E-state index in [2.05, 4.69) is 10.6 Å². The maximum absolute atomic E-state index is 13.0. The van der Waals surface area contributed by atoms with Gasteiger partial charge < -0.3 is 30.9 Å². The van der Waals surface area contributed by atoms with Crippen LogP contribution in [-0.2, 0) is 25.5 Å². The lowest BCUT2D eigenvalue weighted by atomic mass is 9.75. The molecule has 2 aliphatic rings. The Bertz CT molecular complexity index is 784. The normalized spacial score (nSPS) is 23.5.